The minimum Gasteiger partial charge on any atom is -0.494 e. The van der Waals surface area contributed by atoms with Gasteiger partial charge in [0.15, 0.2) is 11.6 Å². The van der Waals surface area contributed by atoms with Crippen molar-refractivity contribution in [2.75, 3.05) is 7.11 Å². The van der Waals surface area contributed by atoms with Gasteiger partial charge in [-0.2, -0.15) is 0 Å². The number of hydrogen-bond acceptors (Lipinski definition) is 4. The summed E-state index contributed by atoms with van der Waals surface area (Å²) in [6.45, 7) is 1.84. The summed E-state index contributed by atoms with van der Waals surface area (Å²) in [4.78, 5) is 4.14. The van der Waals surface area contributed by atoms with Gasteiger partial charge in [0.2, 0.25) is 0 Å². The van der Waals surface area contributed by atoms with Crippen molar-refractivity contribution in [1.29, 1.82) is 0 Å². The van der Waals surface area contributed by atoms with Crippen LogP contribution in [0, 0.1) is 12.7 Å². The molecule has 5 heteroatoms. The summed E-state index contributed by atoms with van der Waals surface area (Å²) in [5.74, 6) is -0.429. The third-order valence-electron chi connectivity index (χ3n) is 2.42. The highest BCUT2D eigenvalue weighted by molar-refractivity contribution is 7.09. The second-order valence-corrected chi connectivity index (χ2v) is 4.62. The third-order valence-corrected chi connectivity index (χ3v) is 3.22. The number of ether oxygens (including phenoxy) is 1. The molecule has 2 rings (SSSR count). The van der Waals surface area contributed by atoms with Crippen LogP contribution in [0.4, 0.5) is 4.39 Å². The SMILES string of the molecule is COc1cccc(C(O)c2csc(C)n2)c1F. The molecule has 17 heavy (non-hydrogen) atoms. The smallest absolute Gasteiger partial charge is 0.171 e. The number of hydrogen-bond donors (Lipinski definition) is 1. The first kappa shape index (κ1) is 12.0. The Kier molecular flexibility index (Phi) is 3.40. The van der Waals surface area contributed by atoms with Crippen LogP contribution in [0.3, 0.4) is 0 Å². The summed E-state index contributed by atoms with van der Waals surface area (Å²) in [6, 6.07) is 4.68. The van der Waals surface area contributed by atoms with Gasteiger partial charge in [-0.25, -0.2) is 9.37 Å². The van der Waals surface area contributed by atoms with Gasteiger partial charge in [-0.1, -0.05) is 12.1 Å². The maximum absolute atomic E-state index is 13.9. The number of aliphatic hydroxyl groups excluding tert-OH is 1. The number of aryl methyl sites for hydroxylation is 1. The number of aromatic nitrogens is 1. The fourth-order valence-electron chi connectivity index (χ4n) is 1.56. The van der Waals surface area contributed by atoms with Gasteiger partial charge in [-0.3, -0.25) is 0 Å². The lowest BCUT2D eigenvalue weighted by Crippen LogP contribution is -2.04. The fraction of sp³-hybridized carbons (Fsp3) is 0.250. The van der Waals surface area contributed by atoms with E-state index in [1.54, 1.807) is 11.4 Å². The third kappa shape index (κ3) is 2.30. The Morgan fingerprint density at radius 2 is 2.24 bits per heavy atom. The van der Waals surface area contributed by atoms with Crippen molar-refractivity contribution < 1.29 is 14.2 Å². The van der Waals surface area contributed by atoms with Crippen LogP contribution < -0.4 is 4.74 Å². The number of thiazole rings is 1. The minimum atomic E-state index is -1.06. The molecule has 90 valence electrons. The van der Waals surface area contributed by atoms with Crippen LogP contribution >= 0.6 is 11.3 Å². The van der Waals surface area contributed by atoms with E-state index in [1.165, 1.54) is 30.6 Å². The fourth-order valence-corrected chi connectivity index (χ4v) is 2.19. The first-order valence-corrected chi connectivity index (χ1v) is 5.94. The highest BCUT2D eigenvalue weighted by Crippen LogP contribution is 2.29. The first-order chi connectivity index (χ1) is 8.13. The van der Waals surface area contributed by atoms with E-state index in [4.69, 9.17) is 4.74 Å². The Morgan fingerprint density at radius 1 is 1.47 bits per heavy atom. The number of nitrogens with zero attached hydrogens (tertiary/aromatic N) is 1. The molecule has 0 amide bonds. The van der Waals surface area contributed by atoms with E-state index < -0.39 is 11.9 Å². The zero-order chi connectivity index (χ0) is 12.4. The normalized spacial score (nSPS) is 12.5. The molecule has 0 fully saturated rings. The highest BCUT2D eigenvalue weighted by Gasteiger charge is 2.19. The molecule has 1 heterocycles. The van der Waals surface area contributed by atoms with Gasteiger partial charge >= 0.3 is 0 Å². The molecule has 1 unspecified atom stereocenters. The topological polar surface area (TPSA) is 42.4 Å². The molecule has 1 atom stereocenters. The van der Waals surface area contributed by atoms with Crippen LogP contribution in [0.1, 0.15) is 22.4 Å². The van der Waals surface area contributed by atoms with Gasteiger partial charge in [0.25, 0.3) is 0 Å². The number of benzene rings is 1. The van der Waals surface area contributed by atoms with Crippen LogP contribution in [-0.4, -0.2) is 17.2 Å². The standard InChI is InChI=1S/C12H12FNO2S/c1-7-14-9(6-17-7)12(15)8-4-3-5-10(16-2)11(8)13/h3-6,12,15H,1-2H3. The molecule has 0 radical (unpaired) electrons. The number of aliphatic hydroxyl groups is 1. The predicted octanol–water partition coefficient (Wildman–Crippen LogP) is 2.68. The van der Waals surface area contributed by atoms with Crippen molar-refractivity contribution in [2.45, 2.75) is 13.0 Å². The number of methoxy groups -OCH3 is 1. The molecule has 0 saturated heterocycles. The lowest BCUT2D eigenvalue weighted by Gasteiger charge is -2.11. The second-order valence-electron chi connectivity index (χ2n) is 3.56. The maximum Gasteiger partial charge on any atom is 0.171 e. The average molecular weight is 253 g/mol. The van der Waals surface area contributed by atoms with E-state index in [0.717, 1.165) is 5.01 Å². The zero-order valence-electron chi connectivity index (χ0n) is 9.48. The van der Waals surface area contributed by atoms with Gasteiger partial charge in [-0.05, 0) is 13.0 Å². The first-order valence-electron chi connectivity index (χ1n) is 5.06. The molecule has 0 aliphatic heterocycles. The molecule has 0 aliphatic rings. The van der Waals surface area contributed by atoms with E-state index in [1.807, 2.05) is 6.92 Å². The van der Waals surface area contributed by atoms with Crippen LogP contribution in [0.15, 0.2) is 23.6 Å². The van der Waals surface area contributed by atoms with Gasteiger partial charge in [0.05, 0.1) is 17.8 Å². The summed E-state index contributed by atoms with van der Waals surface area (Å²) in [6.07, 6.45) is -1.06. The van der Waals surface area contributed by atoms with Crippen molar-refractivity contribution in [3.63, 3.8) is 0 Å². The predicted molar refractivity (Wildman–Crippen MR) is 63.9 cm³/mol. The summed E-state index contributed by atoms with van der Waals surface area (Å²) < 4.78 is 18.8. The van der Waals surface area contributed by atoms with Gasteiger partial charge in [-0.15, -0.1) is 11.3 Å². The molecular formula is C12H12FNO2S. The minimum absolute atomic E-state index is 0.119. The molecule has 0 saturated carbocycles. The summed E-state index contributed by atoms with van der Waals surface area (Å²) >= 11 is 1.42. The Bertz CT molecular complexity index is 527. The van der Waals surface area contributed by atoms with Crippen molar-refractivity contribution in [3.8, 4) is 5.75 Å². The second kappa shape index (κ2) is 4.81. The van der Waals surface area contributed by atoms with Crippen molar-refractivity contribution >= 4 is 11.3 Å². The largest absolute Gasteiger partial charge is 0.494 e. The van der Waals surface area contributed by atoms with Crippen LogP contribution in [0.5, 0.6) is 5.75 Å². The summed E-state index contributed by atoms with van der Waals surface area (Å²) in [5.41, 5.74) is 0.634. The average Bonchev–Trinajstić information content (AvgIpc) is 2.75. The van der Waals surface area contributed by atoms with E-state index in [9.17, 15) is 9.50 Å². The molecule has 2 aromatic rings. The van der Waals surface area contributed by atoms with Crippen LogP contribution in [-0.2, 0) is 0 Å². The monoisotopic (exact) mass is 253 g/mol. The maximum atomic E-state index is 13.9. The quantitative estimate of drug-likeness (QED) is 0.914. The highest BCUT2D eigenvalue weighted by atomic mass is 32.1. The zero-order valence-corrected chi connectivity index (χ0v) is 10.3. The van der Waals surface area contributed by atoms with Gasteiger partial charge in [0.1, 0.15) is 6.10 Å². The molecule has 0 aliphatic carbocycles. The summed E-state index contributed by atoms with van der Waals surface area (Å²) in [5, 5.41) is 12.6. The van der Waals surface area contributed by atoms with E-state index in [0.29, 0.717) is 5.69 Å². The Labute approximate surface area is 103 Å². The molecule has 1 aromatic heterocycles. The van der Waals surface area contributed by atoms with Crippen LogP contribution in [0.25, 0.3) is 0 Å². The van der Waals surface area contributed by atoms with E-state index in [2.05, 4.69) is 4.98 Å². The molecule has 0 spiro atoms. The number of rotatable bonds is 3. The molecule has 1 N–H and O–H groups in total. The Morgan fingerprint density at radius 3 is 2.82 bits per heavy atom. The van der Waals surface area contributed by atoms with E-state index in [-0.39, 0.29) is 11.3 Å². The molecule has 0 bridgehead atoms. The summed E-state index contributed by atoms with van der Waals surface area (Å²) in [7, 11) is 1.39. The Hall–Kier alpha value is -1.46. The molecular weight excluding hydrogens is 241 g/mol. The van der Waals surface area contributed by atoms with Crippen molar-refractivity contribution in [3.05, 3.63) is 45.7 Å². The molecule has 1 aromatic carbocycles. The van der Waals surface area contributed by atoms with Gasteiger partial charge < -0.3 is 9.84 Å². The van der Waals surface area contributed by atoms with Crippen molar-refractivity contribution in [1.82, 2.24) is 4.98 Å². The lowest BCUT2D eigenvalue weighted by atomic mass is 10.1. The lowest BCUT2D eigenvalue weighted by molar-refractivity contribution is 0.209. The van der Waals surface area contributed by atoms with Crippen molar-refractivity contribution in [2.24, 2.45) is 0 Å². The van der Waals surface area contributed by atoms with Gasteiger partial charge in [0, 0.05) is 10.9 Å². The Balaban J connectivity index is 2.40. The van der Waals surface area contributed by atoms with E-state index >= 15 is 0 Å². The molecule has 3 nitrogen and oxygen atoms in total. The van der Waals surface area contributed by atoms with Crippen LogP contribution in [0.2, 0.25) is 0 Å². The number of halogens is 1.